The van der Waals surface area contributed by atoms with Crippen LogP contribution in [0.25, 0.3) is 11.0 Å². The first-order chi connectivity index (χ1) is 9.63. The lowest BCUT2D eigenvalue weighted by Crippen LogP contribution is -2.44. The van der Waals surface area contributed by atoms with Crippen molar-refractivity contribution < 1.29 is 14.3 Å². The molecule has 1 fully saturated rings. The minimum absolute atomic E-state index is 0.186. The van der Waals surface area contributed by atoms with Crippen LogP contribution >= 0.6 is 0 Å². The Morgan fingerprint density at radius 1 is 1.30 bits per heavy atom. The van der Waals surface area contributed by atoms with Gasteiger partial charge >= 0.3 is 0 Å². The molecule has 0 saturated heterocycles. The van der Waals surface area contributed by atoms with Crippen molar-refractivity contribution in [2.24, 2.45) is 0 Å². The molecule has 5 heteroatoms. The molecule has 106 valence electrons. The van der Waals surface area contributed by atoms with Crippen LogP contribution in [0.15, 0.2) is 28.7 Å². The Morgan fingerprint density at radius 2 is 2.10 bits per heavy atom. The zero-order valence-electron chi connectivity index (χ0n) is 11.1. The number of carbonyl (C=O) groups excluding carboxylic acids is 1. The molecule has 1 aliphatic carbocycles. The molecule has 1 amide bonds. The summed E-state index contributed by atoms with van der Waals surface area (Å²) in [6.07, 6.45) is 3.12. The number of furan rings is 1. The maximum absolute atomic E-state index is 12.2. The lowest BCUT2D eigenvalue weighted by Gasteiger charge is -2.27. The summed E-state index contributed by atoms with van der Waals surface area (Å²) in [5.41, 5.74) is 6.97. The molecule has 2 atom stereocenters. The van der Waals surface area contributed by atoms with Gasteiger partial charge in [-0.3, -0.25) is 4.79 Å². The van der Waals surface area contributed by atoms with E-state index in [0.29, 0.717) is 11.3 Å². The summed E-state index contributed by atoms with van der Waals surface area (Å²) in [6.45, 7) is 0. The molecule has 1 saturated carbocycles. The first-order valence-electron chi connectivity index (χ1n) is 6.91. The third kappa shape index (κ3) is 2.49. The number of anilines is 1. The van der Waals surface area contributed by atoms with Crippen LogP contribution in [-0.4, -0.2) is 23.2 Å². The number of nitrogen functional groups attached to an aromatic ring is 1. The highest BCUT2D eigenvalue weighted by Gasteiger charge is 2.25. The van der Waals surface area contributed by atoms with Gasteiger partial charge in [-0.25, -0.2) is 0 Å². The van der Waals surface area contributed by atoms with Gasteiger partial charge in [-0.2, -0.15) is 0 Å². The molecule has 2 aromatic rings. The van der Waals surface area contributed by atoms with Crippen LogP contribution in [0.1, 0.15) is 36.2 Å². The number of aliphatic hydroxyl groups is 1. The zero-order valence-corrected chi connectivity index (χ0v) is 11.1. The standard InChI is InChI=1S/C15H18N2O3/c16-10-5-6-13-9(7-10)8-14(20-13)15(19)17-11-3-1-2-4-12(11)18/h5-8,11-12,18H,1-4,16H2,(H,17,19)/t11-,12-/m1/s1. The van der Waals surface area contributed by atoms with E-state index in [1.807, 2.05) is 0 Å². The van der Waals surface area contributed by atoms with Gasteiger partial charge in [-0.15, -0.1) is 0 Å². The summed E-state index contributed by atoms with van der Waals surface area (Å²) in [6, 6.07) is 6.74. The van der Waals surface area contributed by atoms with Gasteiger partial charge in [0.15, 0.2) is 5.76 Å². The van der Waals surface area contributed by atoms with Crippen LogP contribution in [0.4, 0.5) is 5.69 Å². The molecule has 0 bridgehead atoms. The number of amides is 1. The molecule has 20 heavy (non-hydrogen) atoms. The number of aliphatic hydroxyl groups excluding tert-OH is 1. The van der Waals surface area contributed by atoms with Gasteiger partial charge in [0, 0.05) is 11.1 Å². The highest BCUT2D eigenvalue weighted by atomic mass is 16.3. The van der Waals surface area contributed by atoms with Crippen molar-refractivity contribution in [1.82, 2.24) is 5.32 Å². The van der Waals surface area contributed by atoms with Crippen molar-refractivity contribution in [2.75, 3.05) is 5.73 Å². The lowest BCUT2D eigenvalue weighted by molar-refractivity contribution is 0.0699. The normalized spacial score (nSPS) is 22.9. The summed E-state index contributed by atoms with van der Waals surface area (Å²) in [7, 11) is 0. The van der Waals surface area contributed by atoms with E-state index in [0.717, 1.165) is 31.1 Å². The predicted octanol–water partition coefficient (Wildman–Crippen LogP) is 2.05. The van der Waals surface area contributed by atoms with Crippen molar-refractivity contribution >= 4 is 22.6 Å². The number of hydrogen-bond donors (Lipinski definition) is 3. The summed E-state index contributed by atoms with van der Waals surface area (Å²) >= 11 is 0. The Kier molecular flexibility index (Phi) is 3.36. The highest BCUT2D eigenvalue weighted by Crippen LogP contribution is 2.23. The smallest absolute Gasteiger partial charge is 0.287 e. The molecule has 3 rings (SSSR count). The fourth-order valence-electron chi connectivity index (χ4n) is 2.69. The molecule has 1 aromatic heterocycles. The fraction of sp³-hybridized carbons (Fsp3) is 0.400. The second kappa shape index (κ2) is 5.17. The molecule has 0 aliphatic heterocycles. The molecule has 0 unspecified atom stereocenters. The fourth-order valence-corrected chi connectivity index (χ4v) is 2.69. The Labute approximate surface area is 116 Å². The summed E-state index contributed by atoms with van der Waals surface area (Å²) in [4.78, 5) is 12.2. The summed E-state index contributed by atoms with van der Waals surface area (Å²) < 4.78 is 5.51. The largest absolute Gasteiger partial charge is 0.451 e. The molecule has 5 nitrogen and oxygen atoms in total. The van der Waals surface area contributed by atoms with Crippen LogP contribution in [-0.2, 0) is 0 Å². The van der Waals surface area contributed by atoms with Crippen LogP contribution in [0.5, 0.6) is 0 Å². The molecular weight excluding hydrogens is 256 g/mol. The van der Waals surface area contributed by atoms with Crippen LogP contribution in [0, 0.1) is 0 Å². The van der Waals surface area contributed by atoms with E-state index >= 15 is 0 Å². The number of benzene rings is 1. The molecular formula is C15H18N2O3. The number of nitrogens with two attached hydrogens (primary N) is 1. The van der Waals surface area contributed by atoms with Gasteiger partial charge in [-0.05, 0) is 37.1 Å². The van der Waals surface area contributed by atoms with Gasteiger partial charge in [-0.1, -0.05) is 12.8 Å². The van der Waals surface area contributed by atoms with Crippen molar-refractivity contribution in [3.05, 3.63) is 30.0 Å². The Balaban J connectivity index is 1.78. The lowest BCUT2D eigenvalue weighted by atomic mass is 9.92. The van der Waals surface area contributed by atoms with Crippen LogP contribution in [0.2, 0.25) is 0 Å². The second-order valence-electron chi connectivity index (χ2n) is 5.34. The Bertz CT molecular complexity index is 635. The van der Waals surface area contributed by atoms with Gasteiger partial charge in [0.1, 0.15) is 5.58 Å². The van der Waals surface area contributed by atoms with Crippen molar-refractivity contribution in [1.29, 1.82) is 0 Å². The highest BCUT2D eigenvalue weighted by molar-refractivity contribution is 5.96. The average Bonchev–Trinajstić information content (AvgIpc) is 2.84. The van der Waals surface area contributed by atoms with Gasteiger partial charge in [0.2, 0.25) is 0 Å². The number of carbonyl (C=O) groups is 1. The molecule has 1 aliphatic rings. The van der Waals surface area contributed by atoms with Crippen LogP contribution < -0.4 is 11.1 Å². The molecule has 0 spiro atoms. The topological polar surface area (TPSA) is 88.5 Å². The third-order valence-electron chi connectivity index (χ3n) is 3.81. The molecule has 4 N–H and O–H groups in total. The van der Waals surface area contributed by atoms with Crippen molar-refractivity contribution in [2.45, 2.75) is 37.8 Å². The minimum Gasteiger partial charge on any atom is -0.451 e. The monoisotopic (exact) mass is 274 g/mol. The van der Waals surface area contributed by atoms with Crippen molar-refractivity contribution in [3.63, 3.8) is 0 Å². The van der Waals surface area contributed by atoms with Gasteiger partial charge in [0.05, 0.1) is 12.1 Å². The Hall–Kier alpha value is -2.01. The maximum atomic E-state index is 12.2. The first-order valence-corrected chi connectivity index (χ1v) is 6.91. The van der Waals surface area contributed by atoms with E-state index in [9.17, 15) is 9.90 Å². The maximum Gasteiger partial charge on any atom is 0.287 e. The molecule has 1 aromatic carbocycles. The minimum atomic E-state index is -0.465. The molecule has 1 heterocycles. The van der Waals surface area contributed by atoms with E-state index in [1.165, 1.54) is 0 Å². The van der Waals surface area contributed by atoms with E-state index in [2.05, 4.69) is 5.32 Å². The second-order valence-corrected chi connectivity index (χ2v) is 5.34. The number of hydrogen-bond acceptors (Lipinski definition) is 4. The number of nitrogens with one attached hydrogen (secondary N) is 1. The van der Waals surface area contributed by atoms with Gasteiger partial charge in [0.25, 0.3) is 5.91 Å². The molecule has 0 radical (unpaired) electrons. The zero-order chi connectivity index (χ0) is 14.1. The van der Waals surface area contributed by atoms with Gasteiger partial charge < -0.3 is 20.6 Å². The SMILES string of the molecule is Nc1ccc2oc(C(=O)N[C@@H]3CCCC[C@H]3O)cc2c1. The average molecular weight is 274 g/mol. The first kappa shape index (κ1) is 13.0. The summed E-state index contributed by atoms with van der Waals surface area (Å²) in [5, 5.41) is 13.5. The van der Waals surface area contributed by atoms with E-state index in [4.69, 9.17) is 10.2 Å². The predicted molar refractivity (Wildman–Crippen MR) is 76.4 cm³/mol. The van der Waals surface area contributed by atoms with E-state index in [1.54, 1.807) is 24.3 Å². The third-order valence-corrected chi connectivity index (χ3v) is 3.81. The number of fused-ring (bicyclic) bond motifs is 1. The summed E-state index contributed by atoms with van der Waals surface area (Å²) in [5.74, 6) is -0.0332. The number of rotatable bonds is 2. The van der Waals surface area contributed by atoms with Crippen molar-refractivity contribution in [3.8, 4) is 0 Å². The Morgan fingerprint density at radius 3 is 2.90 bits per heavy atom. The van der Waals surface area contributed by atoms with E-state index in [-0.39, 0.29) is 17.7 Å². The quantitative estimate of drug-likeness (QED) is 0.731. The van der Waals surface area contributed by atoms with Crippen LogP contribution in [0.3, 0.4) is 0 Å². The van der Waals surface area contributed by atoms with E-state index < -0.39 is 6.10 Å².